The number of morpholine rings is 1. The van der Waals surface area contributed by atoms with Crippen LogP contribution in [0.15, 0.2) is 52.4 Å². The largest absolute Gasteiger partial charge is 0.379 e. The first kappa shape index (κ1) is 18.2. The lowest BCUT2D eigenvalue weighted by atomic mass is 10.1. The van der Waals surface area contributed by atoms with E-state index in [9.17, 15) is 0 Å². The van der Waals surface area contributed by atoms with Crippen LogP contribution >= 0.6 is 11.8 Å². The fourth-order valence-corrected chi connectivity index (χ4v) is 4.25. The predicted molar refractivity (Wildman–Crippen MR) is 113 cm³/mol. The minimum Gasteiger partial charge on any atom is -0.379 e. The fraction of sp³-hybridized carbons (Fsp3) is 0.333. The summed E-state index contributed by atoms with van der Waals surface area (Å²) in [6.45, 7) is 7.07. The van der Waals surface area contributed by atoms with Crippen molar-refractivity contribution in [3.05, 3.63) is 53.6 Å². The highest BCUT2D eigenvalue weighted by molar-refractivity contribution is 7.99. The Balaban J connectivity index is 1.41. The number of imidazole rings is 1. The van der Waals surface area contributed by atoms with Crippen LogP contribution < -0.4 is 0 Å². The molecule has 1 saturated heterocycles. The van der Waals surface area contributed by atoms with Gasteiger partial charge in [0.2, 0.25) is 5.95 Å². The molecule has 3 aromatic rings. The quantitative estimate of drug-likeness (QED) is 0.518. The molecule has 1 aliphatic heterocycles. The molecule has 1 aromatic heterocycles. The Kier molecular flexibility index (Phi) is 5.87. The van der Waals surface area contributed by atoms with Gasteiger partial charge in [-0.3, -0.25) is 4.90 Å². The smallest absolute Gasteiger partial charge is 0.227 e. The Morgan fingerprint density at radius 3 is 2.89 bits per heavy atom. The van der Waals surface area contributed by atoms with E-state index in [1.807, 2.05) is 42.2 Å². The van der Waals surface area contributed by atoms with Gasteiger partial charge in [-0.15, -0.1) is 11.8 Å². The zero-order valence-corrected chi connectivity index (χ0v) is 16.3. The lowest BCUT2D eigenvalue weighted by molar-refractivity contribution is 0.0410. The average Bonchev–Trinajstić information content (AvgIpc) is 3.12. The molecular formula is C21H24N4OS. The van der Waals surface area contributed by atoms with Crippen LogP contribution in [0, 0.1) is 6.92 Å². The highest BCUT2D eigenvalue weighted by Crippen LogP contribution is 2.25. The van der Waals surface area contributed by atoms with E-state index < -0.39 is 0 Å². The maximum absolute atomic E-state index is 5.41. The molecule has 0 bridgehead atoms. The lowest BCUT2D eigenvalue weighted by Gasteiger charge is -2.26. The number of hydrogen-bond donors (Lipinski definition) is 1. The number of aromatic nitrogens is 2. The number of para-hydroxylation sites is 2. The molecule has 27 heavy (non-hydrogen) atoms. The molecule has 2 aromatic carbocycles. The van der Waals surface area contributed by atoms with Crippen molar-refractivity contribution in [2.24, 2.45) is 4.99 Å². The third kappa shape index (κ3) is 4.58. The van der Waals surface area contributed by atoms with Gasteiger partial charge in [0.25, 0.3) is 0 Å². The van der Waals surface area contributed by atoms with Gasteiger partial charge in [0, 0.05) is 36.5 Å². The van der Waals surface area contributed by atoms with E-state index in [-0.39, 0.29) is 0 Å². The third-order valence-electron chi connectivity index (χ3n) is 4.80. The number of rotatable bonds is 6. The monoisotopic (exact) mass is 380 g/mol. The number of nitrogens with zero attached hydrogens (tertiary/aromatic N) is 3. The number of aromatic amines is 1. The average molecular weight is 381 g/mol. The molecule has 1 fully saturated rings. The zero-order chi connectivity index (χ0) is 18.5. The fourth-order valence-electron chi connectivity index (χ4n) is 3.17. The van der Waals surface area contributed by atoms with Gasteiger partial charge in [0.1, 0.15) is 0 Å². The summed E-state index contributed by atoms with van der Waals surface area (Å²) in [5, 5.41) is 0. The Morgan fingerprint density at radius 2 is 2.04 bits per heavy atom. The maximum Gasteiger partial charge on any atom is 0.227 e. The topological polar surface area (TPSA) is 53.5 Å². The summed E-state index contributed by atoms with van der Waals surface area (Å²) in [4.78, 5) is 16.1. The molecule has 6 heteroatoms. The van der Waals surface area contributed by atoms with E-state index in [0.717, 1.165) is 55.2 Å². The van der Waals surface area contributed by atoms with E-state index in [2.05, 4.69) is 45.0 Å². The van der Waals surface area contributed by atoms with Crippen molar-refractivity contribution in [1.29, 1.82) is 0 Å². The SMILES string of the molecule is Cc1c(/C=N/c2nc3ccccc3[nH]2)cccc1SCCN1CCOCC1. The summed E-state index contributed by atoms with van der Waals surface area (Å²) < 4.78 is 5.41. The van der Waals surface area contributed by atoms with Gasteiger partial charge in [-0.05, 0) is 36.2 Å². The molecule has 5 nitrogen and oxygen atoms in total. The number of fused-ring (bicyclic) bond motifs is 1. The van der Waals surface area contributed by atoms with E-state index >= 15 is 0 Å². The first-order valence-electron chi connectivity index (χ1n) is 9.31. The van der Waals surface area contributed by atoms with Crippen molar-refractivity contribution in [3.63, 3.8) is 0 Å². The van der Waals surface area contributed by atoms with Crippen LogP contribution in [0.1, 0.15) is 11.1 Å². The number of ether oxygens (including phenoxy) is 1. The summed E-state index contributed by atoms with van der Waals surface area (Å²) in [5.74, 6) is 1.73. The van der Waals surface area contributed by atoms with Gasteiger partial charge >= 0.3 is 0 Å². The molecule has 0 aliphatic carbocycles. The highest BCUT2D eigenvalue weighted by Gasteiger charge is 2.10. The van der Waals surface area contributed by atoms with Crippen LogP contribution in [0.25, 0.3) is 11.0 Å². The molecule has 1 N–H and O–H groups in total. The normalized spacial score (nSPS) is 15.7. The van der Waals surface area contributed by atoms with Crippen molar-refractivity contribution < 1.29 is 4.74 Å². The van der Waals surface area contributed by atoms with Crippen molar-refractivity contribution in [1.82, 2.24) is 14.9 Å². The Labute approximate surface area is 163 Å². The standard InChI is InChI=1S/C21H24N4OS/c1-16-17(15-22-21-23-18-6-2-3-7-19(18)24-21)5-4-8-20(16)27-14-11-25-9-12-26-13-10-25/h2-8,15H,9-14H2,1H3,(H,23,24)/b22-15+. The Hall–Kier alpha value is -2.15. The maximum atomic E-state index is 5.41. The van der Waals surface area contributed by atoms with Gasteiger partial charge in [0.05, 0.1) is 24.2 Å². The molecular weight excluding hydrogens is 356 g/mol. The third-order valence-corrected chi connectivity index (χ3v) is 5.94. The second-order valence-electron chi connectivity index (χ2n) is 6.61. The number of thioether (sulfide) groups is 1. The lowest BCUT2D eigenvalue weighted by Crippen LogP contribution is -2.37. The Bertz CT molecular complexity index is 898. The van der Waals surface area contributed by atoms with Crippen molar-refractivity contribution in [2.75, 3.05) is 38.6 Å². The number of aliphatic imine (C=N–C) groups is 1. The minimum absolute atomic E-state index is 0.640. The van der Waals surface area contributed by atoms with Crippen molar-refractivity contribution in [3.8, 4) is 0 Å². The molecule has 0 spiro atoms. The van der Waals surface area contributed by atoms with E-state index in [0.29, 0.717) is 5.95 Å². The van der Waals surface area contributed by atoms with E-state index in [1.165, 1.54) is 10.5 Å². The van der Waals surface area contributed by atoms with Crippen LogP contribution in [0.2, 0.25) is 0 Å². The van der Waals surface area contributed by atoms with Gasteiger partial charge in [0.15, 0.2) is 0 Å². The number of H-pyrrole nitrogens is 1. The zero-order valence-electron chi connectivity index (χ0n) is 15.5. The second-order valence-corrected chi connectivity index (χ2v) is 7.75. The minimum atomic E-state index is 0.640. The van der Waals surface area contributed by atoms with Crippen LogP contribution in [0.3, 0.4) is 0 Å². The molecule has 0 unspecified atom stereocenters. The molecule has 2 heterocycles. The van der Waals surface area contributed by atoms with Gasteiger partial charge in [-0.2, -0.15) is 0 Å². The summed E-state index contributed by atoms with van der Waals surface area (Å²) in [6.07, 6.45) is 1.90. The summed E-state index contributed by atoms with van der Waals surface area (Å²) >= 11 is 1.91. The molecule has 0 atom stereocenters. The first-order chi connectivity index (χ1) is 13.3. The highest BCUT2D eigenvalue weighted by atomic mass is 32.2. The first-order valence-corrected chi connectivity index (χ1v) is 10.3. The van der Waals surface area contributed by atoms with E-state index in [4.69, 9.17) is 4.74 Å². The molecule has 1 aliphatic rings. The van der Waals surface area contributed by atoms with Crippen LogP contribution in [-0.4, -0.2) is 59.7 Å². The molecule has 4 rings (SSSR count). The summed E-state index contributed by atoms with van der Waals surface area (Å²) in [6, 6.07) is 14.4. The number of nitrogens with one attached hydrogen (secondary N) is 1. The van der Waals surface area contributed by atoms with Crippen LogP contribution in [0.4, 0.5) is 5.95 Å². The summed E-state index contributed by atoms with van der Waals surface area (Å²) in [7, 11) is 0. The molecule has 0 amide bonds. The number of hydrogen-bond acceptors (Lipinski definition) is 5. The van der Waals surface area contributed by atoms with Crippen molar-refractivity contribution in [2.45, 2.75) is 11.8 Å². The van der Waals surface area contributed by atoms with Gasteiger partial charge < -0.3 is 9.72 Å². The second kappa shape index (κ2) is 8.69. The molecule has 0 radical (unpaired) electrons. The van der Waals surface area contributed by atoms with Gasteiger partial charge in [-0.1, -0.05) is 24.3 Å². The Morgan fingerprint density at radius 1 is 1.19 bits per heavy atom. The number of benzene rings is 2. The predicted octanol–water partition coefficient (Wildman–Crippen LogP) is 4.05. The van der Waals surface area contributed by atoms with Crippen LogP contribution in [-0.2, 0) is 4.74 Å². The van der Waals surface area contributed by atoms with E-state index in [1.54, 1.807) is 0 Å². The van der Waals surface area contributed by atoms with Crippen molar-refractivity contribution >= 4 is 35.0 Å². The summed E-state index contributed by atoms with van der Waals surface area (Å²) in [5.41, 5.74) is 4.35. The molecule has 0 saturated carbocycles. The van der Waals surface area contributed by atoms with Gasteiger partial charge in [-0.25, -0.2) is 9.98 Å². The molecule has 140 valence electrons. The van der Waals surface area contributed by atoms with Crippen LogP contribution in [0.5, 0.6) is 0 Å².